The Morgan fingerprint density at radius 2 is 1.81 bits per heavy atom. The minimum atomic E-state index is -2.77. The van der Waals surface area contributed by atoms with Crippen LogP contribution in [0.1, 0.15) is 18.5 Å². The number of aromatic nitrogens is 2. The van der Waals surface area contributed by atoms with E-state index in [1.807, 2.05) is 23.1 Å². The molecule has 2 aliphatic rings. The van der Waals surface area contributed by atoms with E-state index in [9.17, 15) is 13.2 Å². The molecule has 4 heterocycles. The van der Waals surface area contributed by atoms with Crippen LogP contribution in [-0.4, -0.2) is 47.0 Å². The molecule has 4 rings (SSSR count). The molecule has 138 valence electrons. The Hall–Kier alpha value is -2.15. The molecule has 0 aliphatic carbocycles. The summed E-state index contributed by atoms with van der Waals surface area (Å²) in [6, 6.07) is 8.47. The molecule has 2 aliphatic heterocycles. The van der Waals surface area contributed by atoms with Gasteiger partial charge in [-0.3, -0.25) is 9.88 Å². The molecule has 0 N–H and O–H groups in total. The molecule has 0 amide bonds. The summed E-state index contributed by atoms with van der Waals surface area (Å²) in [4.78, 5) is 12.1. The molecule has 2 saturated heterocycles. The van der Waals surface area contributed by atoms with E-state index < -0.39 is 17.2 Å². The lowest BCUT2D eigenvalue weighted by atomic mass is 9.75. The fraction of sp³-hybridized carbons (Fsp3) is 0.474. The fourth-order valence-electron chi connectivity index (χ4n) is 4.13. The van der Waals surface area contributed by atoms with Crippen LogP contribution in [0.15, 0.2) is 42.7 Å². The Morgan fingerprint density at radius 1 is 0.962 bits per heavy atom. The van der Waals surface area contributed by atoms with Gasteiger partial charge in [-0.05, 0) is 30.7 Å². The van der Waals surface area contributed by atoms with Crippen molar-refractivity contribution in [2.24, 2.45) is 5.41 Å². The van der Waals surface area contributed by atoms with Crippen LogP contribution in [-0.2, 0) is 6.54 Å². The molecular formula is C19H21F3N4. The summed E-state index contributed by atoms with van der Waals surface area (Å²) >= 11 is 0. The number of hydrogen-bond acceptors (Lipinski definition) is 4. The number of rotatable bonds is 3. The summed E-state index contributed by atoms with van der Waals surface area (Å²) in [5.41, 5.74) is -0.303. The van der Waals surface area contributed by atoms with Crippen molar-refractivity contribution in [3.05, 3.63) is 54.2 Å². The number of hydrogen-bond donors (Lipinski definition) is 0. The summed E-state index contributed by atoms with van der Waals surface area (Å²) in [6.07, 6.45) is 3.35. The number of nitrogens with zero attached hydrogens (tertiary/aromatic N) is 4. The van der Waals surface area contributed by atoms with Crippen molar-refractivity contribution in [2.45, 2.75) is 25.3 Å². The maximum atomic E-state index is 14.9. The van der Waals surface area contributed by atoms with Crippen molar-refractivity contribution in [1.82, 2.24) is 14.9 Å². The average Bonchev–Trinajstić information content (AvgIpc) is 3.05. The number of anilines is 1. The van der Waals surface area contributed by atoms with Gasteiger partial charge in [0.05, 0.1) is 11.1 Å². The van der Waals surface area contributed by atoms with Crippen LogP contribution in [0.4, 0.5) is 19.0 Å². The van der Waals surface area contributed by atoms with Crippen molar-refractivity contribution in [1.29, 1.82) is 0 Å². The van der Waals surface area contributed by atoms with Crippen molar-refractivity contribution < 1.29 is 13.2 Å². The first-order valence-corrected chi connectivity index (χ1v) is 8.85. The second kappa shape index (κ2) is 6.54. The molecule has 26 heavy (non-hydrogen) atoms. The number of alkyl halides is 2. The first-order chi connectivity index (χ1) is 12.5. The lowest BCUT2D eigenvalue weighted by Crippen LogP contribution is -2.56. The molecular weight excluding hydrogens is 341 g/mol. The fourth-order valence-corrected chi connectivity index (χ4v) is 4.13. The van der Waals surface area contributed by atoms with Gasteiger partial charge in [-0.2, -0.15) is 0 Å². The van der Waals surface area contributed by atoms with Gasteiger partial charge < -0.3 is 4.90 Å². The summed E-state index contributed by atoms with van der Waals surface area (Å²) in [5, 5.41) is 0. The molecule has 7 heteroatoms. The van der Waals surface area contributed by atoms with Gasteiger partial charge in [0.2, 0.25) is 0 Å². The van der Waals surface area contributed by atoms with E-state index in [-0.39, 0.29) is 25.3 Å². The van der Waals surface area contributed by atoms with Crippen LogP contribution < -0.4 is 4.90 Å². The van der Waals surface area contributed by atoms with E-state index in [1.54, 1.807) is 11.1 Å². The summed E-state index contributed by atoms with van der Waals surface area (Å²) in [7, 11) is 0. The van der Waals surface area contributed by atoms with E-state index in [2.05, 4.69) is 9.97 Å². The third kappa shape index (κ3) is 3.05. The van der Waals surface area contributed by atoms with Gasteiger partial charge >= 0.3 is 0 Å². The molecule has 0 saturated carbocycles. The number of halogens is 3. The van der Waals surface area contributed by atoms with Gasteiger partial charge in [0.1, 0.15) is 0 Å². The Bertz CT molecular complexity index is 770. The molecule has 2 fully saturated rings. The maximum absolute atomic E-state index is 14.9. The van der Waals surface area contributed by atoms with Crippen LogP contribution in [0, 0.1) is 11.2 Å². The molecule has 0 radical (unpaired) electrons. The highest BCUT2D eigenvalue weighted by Gasteiger charge is 2.59. The summed E-state index contributed by atoms with van der Waals surface area (Å²) < 4.78 is 43.8. The van der Waals surface area contributed by atoms with Crippen LogP contribution >= 0.6 is 0 Å². The molecule has 2 aromatic heterocycles. The quantitative estimate of drug-likeness (QED) is 0.838. The third-order valence-electron chi connectivity index (χ3n) is 5.55. The molecule has 1 spiro atoms. The largest absolute Gasteiger partial charge is 0.353 e. The van der Waals surface area contributed by atoms with Crippen LogP contribution in [0.25, 0.3) is 0 Å². The van der Waals surface area contributed by atoms with Crippen molar-refractivity contribution in [2.75, 3.05) is 31.1 Å². The summed E-state index contributed by atoms with van der Waals surface area (Å²) in [5.74, 6) is -3.07. The van der Waals surface area contributed by atoms with Gasteiger partial charge in [-0.25, -0.2) is 18.2 Å². The predicted molar refractivity (Wildman–Crippen MR) is 92.5 cm³/mol. The smallest absolute Gasteiger partial charge is 0.257 e. The van der Waals surface area contributed by atoms with E-state index in [0.717, 1.165) is 5.69 Å². The molecule has 0 aromatic carbocycles. The van der Waals surface area contributed by atoms with Crippen molar-refractivity contribution in [3.63, 3.8) is 0 Å². The minimum absolute atomic E-state index is 0.118. The van der Waals surface area contributed by atoms with Crippen molar-refractivity contribution in [3.8, 4) is 0 Å². The highest BCUT2D eigenvalue weighted by molar-refractivity contribution is 5.42. The number of likely N-dealkylation sites (tertiary alicyclic amines) is 1. The SMILES string of the molecule is Fc1cccnc1N1CCC2(CN(Cc3ccccn3)CCC2(F)F)C1. The topological polar surface area (TPSA) is 32.3 Å². The maximum Gasteiger partial charge on any atom is 0.257 e. The first-order valence-electron chi connectivity index (χ1n) is 8.85. The molecule has 4 nitrogen and oxygen atoms in total. The van der Waals surface area contributed by atoms with Gasteiger partial charge in [0.15, 0.2) is 11.6 Å². The van der Waals surface area contributed by atoms with E-state index >= 15 is 0 Å². The zero-order chi connectivity index (χ0) is 18.2. The Labute approximate surface area is 150 Å². The Kier molecular flexibility index (Phi) is 4.34. The minimum Gasteiger partial charge on any atom is -0.353 e. The second-order valence-corrected chi connectivity index (χ2v) is 7.25. The highest BCUT2D eigenvalue weighted by Crippen LogP contribution is 2.50. The van der Waals surface area contributed by atoms with Crippen LogP contribution in [0.2, 0.25) is 0 Å². The number of pyridine rings is 2. The average molecular weight is 362 g/mol. The lowest BCUT2D eigenvalue weighted by molar-refractivity contribution is -0.159. The first kappa shape index (κ1) is 17.3. The van der Waals surface area contributed by atoms with Gasteiger partial charge in [-0.15, -0.1) is 0 Å². The lowest BCUT2D eigenvalue weighted by Gasteiger charge is -2.45. The highest BCUT2D eigenvalue weighted by atomic mass is 19.3. The predicted octanol–water partition coefficient (Wildman–Crippen LogP) is 3.35. The van der Waals surface area contributed by atoms with Crippen LogP contribution in [0.5, 0.6) is 0 Å². The summed E-state index contributed by atoms with van der Waals surface area (Å²) in [6.45, 7) is 1.68. The molecule has 0 bridgehead atoms. The second-order valence-electron chi connectivity index (χ2n) is 7.25. The number of piperidine rings is 1. The zero-order valence-electron chi connectivity index (χ0n) is 14.4. The van der Waals surface area contributed by atoms with Gasteiger partial charge in [-0.1, -0.05) is 6.07 Å². The van der Waals surface area contributed by atoms with Crippen LogP contribution in [0.3, 0.4) is 0 Å². The Morgan fingerprint density at radius 3 is 2.58 bits per heavy atom. The van der Waals surface area contributed by atoms with Gasteiger partial charge in [0.25, 0.3) is 5.92 Å². The van der Waals surface area contributed by atoms with E-state index in [4.69, 9.17) is 0 Å². The molecule has 1 unspecified atom stereocenters. The van der Waals surface area contributed by atoms with E-state index in [0.29, 0.717) is 26.1 Å². The molecule has 2 aromatic rings. The van der Waals surface area contributed by atoms with Crippen molar-refractivity contribution >= 4 is 5.82 Å². The normalized spacial score (nSPS) is 25.7. The molecule has 1 atom stereocenters. The van der Waals surface area contributed by atoms with Gasteiger partial charge in [0, 0.05) is 51.5 Å². The monoisotopic (exact) mass is 362 g/mol. The zero-order valence-corrected chi connectivity index (χ0v) is 14.4. The Balaban J connectivity index is 1.54. The van der Waals surface area contributed by atoms with E-state index in [1.165, 1.54) is 18.3 Å². The third-order valence-corrected chi connectivity index (χ3v) is 5.55. The standard InChI is InChI=1S/C19H21F3N4/c20-16-5-3-9-24-17(16)26-11-6-18(14-26)13-25(10-7-19(18,21)22)12-15-4-1-2-8-23-15/h1-5,8-9H,6-7,10-14H2.